The summed E-state index contributed by atoms with van der Waals surface area (Å²) in [5.41, 5.74) is 0. The number of aliphatic carboxylic acids is 3. The summed E-state index contributed by atoms with van der Waals surface area (Å²) in [5, 5.41) is 26.4. The normalized spacial score (nSPS) is 10.8. The maximum absolute atomic E-state index is 10.5. The van der Waals surface area contributed by atoms with Crippen molar-refractivity contribution in [3.8, 4) is 0 Å². The summed E-state index contributed by atoms with van der Waals surface area (Å²) in [6, 6.07) is 0. The first-order chi connectivity index (χ1) is 8.83. The van der Waals surface area contributed by atoms with Crippen molar-refractivity contribution >= 4 is 45.2 Å². The molecular formula is C6F9O6Tl. The van der Waals surface area contributed by atoms with Crippen molar-refractivity contribution in [3.05, 3.63) is 0 Å². The number of hydrogen-bond acceptors (Lipinski definition) is 6. The fourth-order valence-electron chi connectivity index (χ4n) is 0. The molecule has 0 saturated heterocycles. The molecule has 0 aliphatic heterocycles. The van der Waals surface area contributed by atoms with E-state index in [0.29, 0.717) is 0 Å². The SMILES string of the molecule is O=C([O-])C(F)(F)F.O=C([O-])C(F)(F)F.O=C([O-])C(F)(F)F.[Tl+3]. The molecule has 0 N–H and O–H groups in total. The molecule has 16 heteroatoms. The molecular weight excluding hydrogens is 543 g/mol. The van der Waals surface area contributed by atoms with Crippen molar-refractivity contribution in [2.75, 3.05) is 0 Å². The van der Waals surface area contributed by atoms with E-state index in [1.165, 1.54) is 0 Å². The molecule has 6 nitrogen and oxygen atoms in total. The van der Waals surface area contributed by atoms with E-state index in [0.717, 1.165) is 0 Å². The summed E-state index contributed by atoms with van der Waals surface area (Å²) in [7, 11) is 0. The van der Waals surface area contributed by atoms with Gasteiger partial charge in [-0.25, -0.2) is 0 Å². The molecule has 0 aliphatic rings. The molecule has 0 aromatic rings. The summed E-state index contributed by atoms with van der Waals surface area (Å²) in [5.74, 6) is -9.02. The van der Waals surface area contributed by atoms with E-state index >= 15 is 0 Å². The first-order valence-electron chi connectivity index (χ1n) is 3.68. The monoisotopic (exact) mass is 544 g/mol. The van der Waals surface area contributed by atoms with Gasteiger partial charge in [-0.3, -0.25) is 0 Å². The Kier molecular flexibility index (Phi) is 13.7. The summed E-state index contributed by atoms with van der Waals surface area (Å²) < 4.78 is 94.6. The standard InChI is InChI=1S/3C2HF3O2.Tl/c3*3-2(4,5)1(6)7;/h3*(H,6,7);/q;;;+3/p-3. The van der Waals surface area contributed by atoms with Gasteiger partial charge in [0.05, 0.1) is 0 Å². The first kappa shape index (κ1) is 28.8. The quantitative estimate of drug-likeness (QED) is 0.247. The number of carboxylic acids is 3. The number of hydrogen-bond donors (Lipinski definition) is 0. The summed E-state index contributed by atoms with van der Waals surface area (Å²) in [6.45, 7) is 0. The van der Waals surface area contributed by atoms with Gasteiger partial charge in [-0.2, -0.15) is 39.5 Å². The third-order valence-corrected chi connectivity index (χ3v) is 0.694. The van der Waals surface area contributed by atoms with E-state index in [9.17, 15) is 39.5 Å². The van der Waals surface area contributed by atoms with Crippen LogP contribution in [0.25, 0.3) is 0 Å². The second-order valence-corrected chi connectivity index (χ2v) is 2.36. The summed E-state index contributed by atoms with van der Waals surface area (Å²) in [6.07, 6.45) is -15.6. The van der Waals surface area contributed by atoms with Gasteiger partial charge in [-0.15, -0.1) is 0 Å². The number of rotatable bonds is 0. The molecule has 0 saturated carbocycles. The molecule has 0 aliphatic carbocycles. The zero-order valence-electron chi connectivity index (χ0n) is 9.43. The van der Waals surface area contributed by atoms with E-state index in [-0.39, 0.29) is 27.3 Å². The predicted molar refractivity (Wildman–Crippen MR) is 38.9 cm³/mol. The zero-order valence-corrected chi connectivity index (χ0v) is 13.9. The molecule has 0 bridgehead atoms. The van der Waals surface area contributed by atoms with Crippen molar-refractivity contribution in [2.24, 2.45) is 0 Å². The third-order valence-electron chi connectivity index (χ3n) is 0.694. The van der Waals surface area contributed by atoms with E-state index in [4.69, 9.17) is 29.7 Å². The third kappa shape index (κ3) is 21.0. The smallest absolute Gasteiger partial charge is 0.542 e. The second kappa shape index (κ2) is 10.4. The van der Waals surface area contributed by atoms with Gasteiger partial charge in [0.15, 0.2) is 0 Å². The molecule has 0 atom stereocenters. The van der Waals surface area contributed by atoms with Gasteiger partial charge in [0, 0.05) is 0 Å². The van der Waals surface area contributed by atoms with Crippen LogP contribution in [0.1, 0.15) is 0 Å². The molecule has 22 heavy (non-hydrogen) atoms. The minimum atomic E-state index is -5.19. The molecule has 0 amide bonds. The van der Waals surface area contributed by atoms with Crippen molar-refractivity contribution in [1.82, 2.24) is 0 Å². The van der Waals surface area contributed by atoms with E-state index in [1.54, 1.807) is 0 Å². The number of halogens is 9. The molecule has 0 aromatic carbocycles. The Hall–Kier alpha value is -1.30. The molecule has 0 radical (unpaired) electrons. The van der Waals surface area contributed by atoms with Crippen LogP contribution in [-0.4, -0.2) is 63.7 Å². The van der Waals surface area contributed by atoms with E-state index in [2.05, 4.69) is 0 Å². The van der Waals surface area contributed by atoms with Crippen molar-refractivity contribution in [1.29, 1.82) is 0 Å². The number of alkyl halides is 9. The fourth-order valence-corrected chi connectivity index (χ4v) is 0. The fraction of sp³-hybridized carbons (Fsp3) is 0.500. The van der Waals surface area contributed by atoms with Crippen LogP contribution in [0.2, 0.25) is 0 Å². The van der Waals surface area contributed by atoms with Gasteiger partial charge in [-0.05, 0) is 0 Å². The van der Waals surface area contributed by atoms with Crippen LogP contribution in [0, 0.1) is 0 Å². The van der Waals surface area contributed by atoms with Crippen LogP contribution in [0.5, 0.6) is 0 Å². The maximum atomic E-state index is 10.5. The van der Waals surface area contributed by atoms with E-state index in [1.807, 2.05) is 0 Å². The van der Waals surface area contributed by atoms with Gasteiger partial charge < -0.3 is 29.7 Å². The first-order valence-corrected chi connectivity index (χ1v) is 3.68. The van der Waals surface area contributed by atoms with Crippen LogP contribution >= 0.6 is 0 Å². The molecule has 0 spiro atoms. The van der Waals surface area contributed by atoms with Gasteiger partial charge in [-0.1, -0.05) is 0 Å². The number of carbonyl (C=O) groups is 3. The van der Waals surface area contributed by atoms with Crippen LogP contribution in [0.15, 0.2) is 0 Å². The Labute approximate surface area is 133 Å². The zero-order chi connectivity index (χ0) is 18.2. The van der Waals surface area contributed by atoms with Crippen LogP contribution in [0.3, 0.4) is 0 Å². The average molecular weight is 543 g/mol. The molecule has 126 valence electrons. The topological polar surface area (TPSA) is 120 Å². The predicted octanol–water partition coefficient (Wildman–Crippen LogP) is -2.49. The summed E-state index contributed by atoms with van der Waals surface area (Å²) >= 11 is 0. The Bertz CT molecular complexity index is 313. The van der Waals surface area contributed by atoms with Crippen molar-refractivity contribution in [2.45, 2.75) is 18.5 Å². The Morgan fingerprint density at radius 2 is 0.545 bits per heavy atom. The minimum Gasteiger partial charge on any atom is -0.542 e. The Balaban J connectivity index is -0.000000108. The molecule has 0 rings (SSSR count). The molecule has 0 aromatic heterocycles. The van der Waals surface area contributed by atoms with Gasteiger partial charge >= 0.3 is 45.8 Å². The Morgan fingerprint density at radius 3 is 0.545 bits per heavy atom. The van der Waals surface area contributed by atoms with Gasteiger partial charge in [0.25, 0.3) is 0 Å². The van der Waals surface area contributed by atoms with E-state index < -0.39 is 36.4 Å². The van der Waals surface area contributed by atoms with Gasteiger partial charge in [0.2, 0.25) is 0 Å². The maximum Gasteiger partial charge on any atom is 3.00 e. The average Bonchev–Trinajstić information content (AvgIpc) is 2.14. The second-order valence-electron chi connectivity index (χ2n) is 2.36. The van der Waals surface area contributed by atoms with Crippen molar-refractivity contribution in [3.63, 3.8) is 0 Å². The minimum absolute atomic E-state index is 0. The molecule has 0 unspecified atom stereocenters. The number of carbonyl (C=O) groups excluding carboxylic acids is 3. The largest absolute Gasteiger partial charge is 3.00 e. The van der Waals surface area contributed by atoms with Crippen molar-refractivity contribution < 1.29 is 69.2 Å². The Morgan fingerprint density at radius 1 is 0.500 bits per heavy atom. The van der Waals surface area contributed by atoms with Crippen LogP contribution < -0.4 is 15.3 Å². The molecule has 0 fully saturated rings. The number of carboxylic acid groups (broad SMARTS) is 3. The molecule has 0 heterocycles. The summed E-state index contributed by atoms with van der Waals surface area (Å²) in [4.78, 5) is 26.4. The van der Waals surface area contributed by atoms with Crippen LogP contribution in [0.4, 0.5) is 39.5 Å². The van der Waals surface area contributed by atoms with Gasteiger partial charge in [0.1, 0.15) is 17.9 Å². The van der Waals surface area contributed by atoms with Crippen LogP contribution in [-0.2, 0) is 14.4 Å².